The van der Waals surface area contributed by atoms with Gasteiger partial charge in [0.2, 0.25) is 0 Å². The smallest absolute Gasteiger partial charge is 0.0110 e. The Labute approximate surface area is 151 Å². The highest BCUT2D eigenvalue weighted by Crippen LogP contribution is 2.37. The lowest BCUT2D eigenvalue weighted by atomic mass is 9.85. The third-order valence-corrected chi connectivity index (χ3v) is 7.10. The first-order chi connectivity index (χ1) is 11.1. The van der Waals surface area contributed by atoms with Gasteiger partial charge >= 0.3 is 0 Å². The van der Waals surface area contributed by atoms with E-state index in [0.29, 0.717) is 0 Å². The second kappa shape index (κ2) is 13.4. The van der Waals surface area contributed by atoms with Crippen LogP contribution >= 0.6 is 11.8 Å². The van der Waals surface area contributed by atoms with Crippen molar-refractivity contribution in [2.75, 3.05) is 5.75 Å². The quantitative estimate of drug-likeness (QED) is 0.255. The lowest BCUT2D eigenvalue weighted by Gasteiger charge is -2.31. The molecule has 0 aromatic heterocycles. The zero-order chi connectivity index (χ0) is 16.9. The highest BCUT2D eigenvalue weighted by molar-refractivity contribution is 7.99. The van der Waals surface area contributed by atoms with Crippen LogP contribution in [0.15, 0.2) is 11.1 Å². The Balaban J connectivity index is 1.97. The first kappa shape index (κ1) is 21.1. The average molecular weight is 339 g/mol. The molecule has 1 aliphatic rings. The third-order valence-electron chi connectivity index (χ3n) is 5.52. The molecule has 0 N–H and O–H groups in total. The lowest BCUT2D eigenvalue weighted by Crippen LogP contribution is -2.21. The Morgan fingerprint density at radius 3 is 2.04 bits per heavy atom. The summed E-state index contributed by atoms with van der Waals surface area (Å²) < 4.78 is 0. The molecule has 0 saturated heterocycles. The van der Waals surface area contributed by atoms with E-state index in [2.05, 4.69) is 39.5 Å². The fourth-order valence-electron chi connectivity index (χ4n) is 3.64. The van der Waals surface area contributed by atoms with Crippen LogP contribution in [0.5, 0.6) is 0 Å². The van der Waals surface area contributed by atoms with Crippen molar-refractivity contribution in [3.05, 3.63) is 11.1 Å². The fourth-order valence-corrected chi connectivity index (χ4v) is 5.09. The minimum atomic E-state index is 0.896. The number of hydrogen-bond donors (Lipinski definition) is 0. The summed E-state index contributed by atoms with van der Waals surface area (Å²) >= 11 is 2.27. The van der Waals surface area contributed by atoms with Crippen LogP contribution in [0, 0.1) is 5.92 Å². The molecule has 1 rings (SSSR count). The maximum Gasteiger partial charge on any atom is 0.0110 e. The van der Waals surface area contributed by atoms with Crippen molar-refractivity contribution in [1.82, 2.24) is 0 Å². The molecule has 23 heavy (non-hydrogen) atoms. The number of allylic oxidation sites excluding steroid dienone is 2. The van der Waals surface area contributed by atoms with E-state index in [1.54, 1.807) is 11.1 Å². The van der Waals surface area contributed by atoms with Crippen molar-refractivity contribution in [3.8, 4) is 0 Å². The maximum absolute atomic E-state index is 2.47. The van der Waals surface area contributed by atoms with E-state index in [0.717, 1.165) is 11.2 Å². The Morgan fingerprint density at radius 1 is 0.913 bits per heavy atom. The molecule has 136 valence electrons. The highest BCUT2D eigenvalue weighted by Gasteiger charge is 2.24. The summed E-state index contributed by atoms with van der Waals surface area (Å²) in [6, 6.07) is 0. The van der Waals surface area contributed by atoms with E-state index in [9.17, 15) is 0 Å². The average Bonchev–Trinajstić information content (AvgIpc) is 2.54. The van der Waals surface area contributed by atoms with Crippen LogP contribution in [0.25, 0.3) is 0 Å². The molecule has 0 aliphatic heterocycles. The molecule has 0 radical (unpaired) electrons. The standard InChI is InChI=1S/C22H42S/c1-5-6-7-8-9-10-11-12-13-14-17-23-22-18-21(19(2)3)16-15-20(22)4/h20,22H,5-18H2,1-4H3. The molecular formula is C22H42S. The Hall–Kier alpha value is 0.0900. The molecule has 0 bridgehead atoms. The van der Waals surface area contributed by atoms with Gasteiger partial charge in [0, 0.05) is 5.25 Å². The minimum absolute atomic E-state index is 0.896. The zero-order valence-corrected chi connectivity index (χ0v) is 17.3. The van der Waals surface area contributed by atoms with Crippen LogP contribution in [-0.4, -0.2) is 11.0 Å². The Bertz CT molecular complexity index is 314. The summed E-state index contributed by atoms with van der Waals surface area (Å²) in [7, 11) is 0. The van der Waals surface area contributed by atoms with Crippen LogP contribution in [0.2, 0.25) is 0 Å². The predicted molar refractivity (Wildman–Crippen MR) is 109 cm³/mol. The molecule has 1 heteroatoms. The molecule has 2 atom stereocenters. The van der Waals surface area contributed by atoms with Gasteiger partial charge in [0.25, 0.3) is 0 Å². The van der Waals surface area contributed by atoms with E-state index in [1.165, 1.54) is 89.2 Å². The van der Waals surface area contributed by atoms with Crippen molar-refractivity contribution in [1.29, 1.82) is 0 Å². The SMILES string of the molecule is CCCCCCCCCCCCSC1CC(=C(C)C)CCC1C. The van der Waals surface area contributed by atoms with Crippen LogP contribution in [0.3, 0.4) is 0 Å². The minimum Gasteiger partial charge on any atom is -0.158 e. The second-order valence-corrected chi connectivity index (χ2v) is 9.26. The molecular weight excluding hydrogens is 296 g/mol. The van der Waals surface area contributed by atoms with Crippen LogP contribution in [0.4, 0.5) is 0 Å². The van der Waals surface area contributed by atoms with Gasteiger partial charge in [0.15, 0.2) is 0 Å². The monoisotopic (exact) mass is 338 g/mol. The molecule has 1 saturated carbocycles. The first-order valence-corrected chi connectivity index (χ1v) is 11.5. The van der Waals surface area contributed by atoms with Gasteiger partial charge < -0.3 is 0 Å². The van der Waals surface area contributed by atoms with Gasteiger partial charge in [-0.05, 0) is 51.2 Å². The van der Waals surface area contributed by atoms with Gasteiger partial charge in [-0.15, -0.1) is 0 Å². The Morgan fingerprint density at radius 2 is 1.48 bits per heavy atom. The molecule has 0 heterocycles. The summed E-state index contributed by atoms with van der Waals surface area (Å²) in [5, 5.41) is 0.896. The van der Waals surface area contributed by atoms with Gasteiger partial charge in [0.1, 0.15) is 0 Å². The molecule has 0 amide bonds. The molecule has 0 aromatic rings. The van der Waals surface area contributed by atoms with Crippen molar-refractivity contribution in [3.63, 3.8) is 0 Å². The maximum atomic E-state index is 2.47. The van der Waals surface area contributed by atoms with Crippen LogP contribution < -0.4 is 0 Å². The van der Waals surface area contributed by atoms with Gasteiger partial charge in [-0.25, -0.2) is 0 Å². The third kappa shape index (κ3) is 9.85. The summed E-state index contributed by atoms with van der Waals surface area (Å²) in [5.41, 5.74) is 3.34. The van der Waals surface area contributed by atoms with Crippen molar-refractivity contribution >= 4 is 11.8 Å². The second-order valence-electron chi connectivity index (χ2n) is 7.91. The zero-order valence-electron chi connectivity index (χ0n) is 16.5. The van der Waals surface area contributed by atoms with E-state index in [-0.39, 0.29) is 0 Å². The number of unbranched alkanes of at least 4 members (excludes halogenated alkanes) is 9. The van der Waals surface area contributed by atoms with Crippen molar-refractivity contribution < 1.29 is 0 Å². The van der Waals surface area contributed by atoms with Crippen molar-refractivity contribution in [2.24, 2.45) is 5.92 Å². The summed E-state index contributed by atoms with van der Waals surface area (Å²) in [4.78, 5) is 0. The largest absolute Gasteiger partial charge is 0.158 e. The van der Waals surface area contributed by atoms with E-state index >= 15 is 0 Å². The topological polar surface area (TPSA) is 0 Å². The number of thioether (sulfide) groups is 1. The van der Waals surface area contributed by atoms with E-state index in [1.807, 2.05) is 0 Å². The Kier molecular flexibility index (Phi) is 12.3. The summed E-state index contributed by atoms with van der Waals surface area (Å²) in [5.74, 6) is 2.31. The number of rotatable bonds is 12. The molecule has 1 fully saturated rings. The van der Waals surface area contributed by atoms with E-state index < -0.39 is 0 Å². The predicted octanol–water partition coefficient (Wildman–Crippen LogP) is 8.17. The number of hydrogen-bond acceptors (Lipinski definition) is 1. The van der Waals surface area contributed by atoms with Gasteiger partial charge in [0.05, 0.1) is 0 Å². The molecule has 0 spiro atoms. The van der Waals surface area contributed by atoms with Crippen LogP contribution in [-0.2, 0) is 0 Å². The first-order valence-electron chi connectivity index (χ1n) is 10.4. The molecule has 2 unspecified atom stereocenters. The lowest BCUT2D eigenvalue weighted by molar-refractivity contribution is 0.454. The molecule has 1 aliphatic carbocycles. The molecule has 0 nitrogen and oxygen atoms in total. The van der Waals surface area contributed by atoms with Crippen LogP contribution in [0.1, 0.15) is 111 Å². The fraction of sp³-hybridized carbons (Fsp3) is 0.909. The van der Waals surface area contributed by atoms with Gasteiger partial charge in [-0.1, -0.05) is 82.8 Å². The summed E-state index contributed by atoms with van der Waals surface area (Å²) in [6.07, 6.45) is 18.6. The normalized spacial score (nSPS) is 21.7. The molecule has 0 aromatic carbocycles. The summed E-state index contributed by atoms with van der Waals surface area (Å²) in [6.45, 7) is 9.37. The van der Waals surface area contributed by atoms with Crippen molar-refractivity contribution in [2.45, 2.75) is 116 Å². The van der Waals surface area contributed by atoms with Gasteiger partial charge in [-0.2, -0.15) is 11.8 Å². The van der Waals surface area contributed by atoms with Gasteiger partial charge in [-0.3, -0.25) is 0 Å². The highest BCUT2D eigenvalue weighted by atomic mass is 32.2. The van der Waals surface area contributed by atoms with E-state index in [4.69, 9.17) is 0 Å².